The van der Waals surface area contributed by atoms with Crippen LogP contribution in [0.2, 0.25) is 0 Å². The van der Waals surface area contributed by atoms with E-state index in [0.717, 1.165) is 5.56 Å². The minimum absolute atomic E-state index is 0.0346. The van der Waals surface area contributed by atoms with Gasteiger partial charge in [0, 0.05) is 0 Å². The number of benzene rings is 1. The molecule has 2 atom stereocenters. The van der Waals surface area contributed by atoms with Gasteiger partial charge in [0.1, 0.15) is 5.60 Å². The topological polar surface area (TPSA) is 75.6 Å². The number of nitrogens with one attached hydrogen (secondary N) is 1. The van der Waals surface area contributed by atoms with Gasteiger partial charge in [-0.25, -0.2) is 4.79 Å². The Labute approximate surface area is 150 Å². The zero-order valence-corrected chi connectivity index (χ0v) is 15.7. The fourth-order valence-electron chi connectivity index (χ4n) is 2.34. The summed E-state index contributed by atoms with van der Waals surface area (Å²) >= 11 is 0. The lowest BCUT2D eigenvalue weighted by Gasteiger charge is -2.23. The number of alkyl carbamates (subject to hydrolysis) is 1. The van der Waals surface area contributed by atoms with Crippen LogP contribution < -0.4 is 5.32 Å². The van der Waals surface area contributed by atoms with Gasteiger partial charge >= 0.3 is 12.1 Å². The summed E-state index contributed by atoms with van der Waals surface area (Å²) < 4.78 is 5.31. The predicted octanol–water partition coefficient (Wildman–Crippen LogP) is 4.04. The average molecular weight is 347 g/mol. The molecule has 0 bridgehead atoms. The second kappa shape index (κ2) is 9.25. The van der Waals surface area contributed by atoms with Crippen LogP contribution in [0.3, 0.4) is 0 Å². The minimum atomic E-state index is -0.873. The van der Waals surface area contributed by atoms with E-state index < -0.39 is 23.6 Å². The molecule has 1 aromatic carbocycles. The fourth-order valence-corrected chi connectivity index (χ4v) is 2.34. The van der Waals surface area contributed by atoms with Crippen LogP contribution >= 0.6 is 0 Å². The van der Waals surface area contributed by atoms with E-state index in [4.69, 9.17) is 4.74 Å². The highest BCUT2D eigenvalue weighted by atomic mass is 16.6. The van der Waals surface area contributed by atoms with Crippen LogP contribution in [0.5, 0.6) is 0 Å². The van der Waals surface area contributed by atoms with Crippen LogP contribution in [0.4, 0.5) is 4.79 Å². The van der Waals surface area contributed by atoms with E-state index in [9.17, 15) is 14.7 Å². The molecule has 5 nitrogen and oxygen atoms in total. The SMILES string of the molecule is CC(C)[C@@H](/C=C/[C@@H](Cc1ccccc1)NC(=O)OC(C)(C)C)C(=O)O. The summed E-state index contributed by atoms with van der Waals surface area (Å²) in [5, 5.41) is 12.1. The number of aliphatic carboxylic acids is 1. The molecule has 138 valence electrons. The number of carbonyl (C=O) groups excluding carboxylic acids is 1. The predicted molar refractivity (Wildman–Crippen MR) is 98.4 cm³/mol. The van der Waals surface area contributed by atoms with E-state index in [-0.39, 0.29) is 12.0 Å². The first kappa shape index (κ1) is 20.7. The van der Waals surface area contributed by atoms with Crippen LogP contribution in [-0.4, -0.2) is 28.8 Å². The molecule has 0 saturated heterocycles. The van der Waals surface area contributed by atoms with Crippen LogP contribution in [0, 0.1) is 11.8 Å². The number of carboxylic acids is 1. The van der Waals surface area contributed by atoms with Crippen molar-refractivity contribution in [2.24, 2.45) is 11.8 Å². The van der Waals surface area contributed by atoms with Gasteiger partial charge in [-0.05, 0) is 38.7 Å². The van der Waals surface area contributed by atoms with Gasteiger partial charge in [-0.3, -0.25) is 4.79 Å². The maximum atomic E-state index is 12.1. The molecule has 25 heavy (non-hydrogen) atoms. The molecular formula is C20H29NO4. The Bertz CT molecular complexity index is 587. The first-order valence-corrected chi connectivity index (χ1v) is 8.53. The fraction of sp³-hybridized carbons (Fsp3) is 0.500. The average Bonchev–Trinajstić information content (AvgIpc) is 2.45. The monoisotopic (exact) mass is 347 g/mol. The van der Waals surface area contributed by atoms with Crippen LogP contribution in [-0.2, 0) is 16.0 Å². The molecule has 0 fully saturated rings. The molecule has 0 unspecified atom stereocenters. The number of hydrogen-bond donors (Lipinski definition) is 2. The quantitative estimate of drug-likeness (QED) is 0.730. The Hall–Kier alpha value is -2.30. The van der Waals surface area contributed by atoms with Crippen molar-refractivity contribution in [2.45, 2.75) is 52.7 Å². The van der Waals surface area contributed by atoms with Gasteiger partial charge < -0.3 is 15.2 Å². The molecule has 0 radical (unpaired) electrons. The van der Waals surface area contributed by atoms with Gasteiger partial charge in [-0.1, -0.05) is 56.3 Å². The standard InChI is InChI=1S/C20H29NO4/c1-14(2)17(18(22)23)12-11-16(13-15-9-7-6-8-10-15)21-19(24)25-20(3,4)5/h6-12,14,16-17H,13H2,1-5H3,(H,21,24)(H,22,23)/b12-11+/t16-,17+/m0/s1. The van der Waals surface area contributed by atoms with Gasteiger partial charge in [0.05, 0.1) is 12.0 Å². The Balaban J connectivity index is 2.90. The number of hydrogen-bond acceptors (Lipinski definition) is 3. The maximum Gasteiger partial charge on any atom is 0.408 e. The molecule has 0 heterocycles. The summed E-state index contributed by atoms with van der Waals surface area (Å²) in [5.74, 6) is -1.51. The molecular weight excluding hydrogens is 318 g/mol. The lowest BCUT2D eigenvalue weighted by atomic mass is 9.94. The van der Waals surface area contributed by atoms with Crippen molar-refractivity contribution in [3.8, 4) is 0 Å². The zero-order valence-electron chi connectivity index (χ0n) is 15.7. The van der Waals surface area contributed by atoms with Crippen molar-refractivity contribution in [3.63, 3.8) is 0 Å². The van der Waals surface area contributed by atoms with Crippen LogP contribution in [0.1, 0.15) is 40.2 Å². The highest BCUT2D eigenvalue weighted by molar-refractivity contribution is 5.72. The molecule has 1 amide bonds. The smallest absolute Gasteiger partial charge is 0.408 e. The normalized spacial score (nSPS) is 14.3. The number of amides is 1. The molecule has 2 N–H and O–H groups in total. The molecule has 0 aliphatic heterocycles. The third kappa shape index (κ3) is 8.38. The van der Waals surface area contributed by atoms with E-state index >= 15 is 0 Å². The number of rotatable bonds is 7. The second-order valence-corrected chi connectivity index (χ2v) is 7.44. The van der Waals surface area contributed by atoms with Gasteiger partial charge in [-0.2, -0.15) is 0 Å². The van der Waals surface area contributed by atoms with E-state index in [0.29, 0.717) is 6.42 Å². The van der Waals surface area contributed by atoms with Crippen molar-refractivity contribution in [3.05, 3.63) is 48.0 Å². The van der Waals surface area contributed by atoms with Crippen molar-refractivity contribution >= 4 is 12.1 Å². The summed E-state index contributed by atoms with van der Waals surface area (Å²) in [6, 6.07) is 9.37. The Kier molecular flexibility index (Phi) is 7.68. The first-order valence-electron chi connectivity index (χ1n) is 8.53. The Morgan fingerprint density at radius 3 is 2.24 bits per heavy atom. The lowest BCUT2D eigenvalue weighted by Crippen LogP contribution is -2.39. The van der Waals surface area contributed by atoms with Gasteiger partial charge in [0.25, 0.3) is 0 Å². The van der Waals surface area contributed by atoms with Crippen molar-refractivity contribution in [2.75, 3.05) is 0 Å². The molecule has 0 aliphatic carbocycles. The highest BCUT2D eigenvalue weighted by Crippen LogP contribution is 2.15. The van der Waals surface area contributed by atoms with E-state index in [1.54, 1.807) is 32.9 Å². The van der Waals surface area contributed by atoms with Crippen LogP contribution in [0.15, 0.2) is 42.5 Å². The van der Waals surface area contributed by atoms with Crippen LogP contribution in [0.25, 0.3) is 0 Å². The van der Waals surface area contributed by atoms with Crippen molar-refractivity contribution in [1.29, 1.82) is 0 Å². The zero-order chi connectivity index (χ0) is 19.0. The van der Waals surface area contributed by atoms with E-state index in [1.807, 2.05) is 44.2 Å². The molecule has 1 rings (SSSR count). The Morgan fingerprint density at radius 1 is 1.16 bits per heavy atom. The number of carbonyl (C=O) groups is 2. The maximum absolute atomic E-state index is 12.1. The molecule has 5 heteroatoms. The molecule has 0 aliphatic rings. The van der Waals surface area contributed by atoms with E-state index in [1.165, 1.54) is 0 Å². The van der Waals surface area contributed by atoms with Gasteiger partial charge in [0.15, 0.2) is 0 Å². The number of carboxylic acid groups (broad SMARTS) is 1. The summed E-state index contributed by atoms with van der Waals surface area (Å²) in [6.07, 6.45) is 3.43. The summed E-state index contributed by atoms with van der Waals surface area (Å²) in [5.41, 5.74) is 0.455. The van der Waals surface area contributed by atoms with Crippen molar-refractivity contribution < 1.29 is 19.4 Å². The largest absolute Gasteiger partial charge is 0.481 e. The molecule has 1 aromatic rings. The van der Waals surface area contributed by atoms with E-state index in [2.05, 4.69) is 5.32 Å². The van der Waals surface area contributed by atoms with Crippen molar-refractivity contribution in [1.82, 2.24) is 5.32 Å². The summed E-state index contributed by atoms with van der Waals surface area (Å²) in [6.45, 7) is 9.11. The number of ether oxygens (including phenoxy) is 1. The molecule has 0 aromatic heterocycles. The third-order valence-electron chi connectivity index (χ3n) is 3.55. The van der Waals surface area contributed by atoms with Gasteiger partial charge in [0.2, 0.25) is 0 Å². The summed E-state index contributed by atoms with van der Waals surface area (Å²) in [4.78, 5) is 23.4. The first-order chi connectivity index (χ1) is 11.6. The third-order valence-corrected chi connectivity index (χ3v) is 3.55. The highest BCUT2D eigenvalue weighted by Gasteiger charge is 2.21. The van der Waals surface area contributed by atoms with Gasteiger partial charge in [-0.15, -0.1) is 0 Å². The summed E-state index contributed by atoms with van der Waals surface area (Å²) in [7, 11) is 0. The Morgan fingerprint density at radius 2 is 1.76 bits per heavy atom. The minimum Gasteiger partial charge on any atom is -0.481 e. The second-order valence-electron chi connectivity index (χ2n) is 7.44. The molecule has 0 spiro atoms. The molecule has 0 saturated carbocycles. The lowest BCUT2D eigenvalue weighted by molar-refractivity contribution is -0.141.